The normalized spacial score (nSPS) is 12.6. The Morgan fingerprint density at radius 3 is 1.04 bits per heavy atom. The molecule has 2 unspecified atom stereocenters. The summed E-state index contributed by atoms with van der Waals surface area (Å²) in [6.45, 7) is 4.95. The van der Waals surface area contributed by atoms with Gasteiger partial charge in [0.25, 0.3) is 0 Å². The molecule has 404 valence electrons. The van der Waals surface area contributed by atoms with Gasteiger partial charge in [0.15, 0.2) is 0 Å². The first-order valence-corrected chi connectivity index (χ1v) is 30.9. The summed E-state index contributed by atoms with van der Waals surface area (Å²) in [5, 5.41) is 23.4. The molecule has 6 nitrogen and oxygen atoms in total. The van der Waals surface area contributed by atoms with E-state index < -0.39 is 12.1 Å². The number of carbonyl (C=O) groups excluding carboxylic acids is 2. The summed E-state index contributed by atoms with van der Waals surface area (Å²) in [4.78, 5) is 24.6. The van der Waals surface area contributed by atoms with Gasteiger partial charge in [-0.1, -0.05) is 296 Å². The molecule has 0 spiro atoms. The van der Waals surface area contributed by atoms with Gasteiger partial charge >= 0.3 is 5.97 Å². The van der Waals surface area contributed by atoms with Crippen molar-refractivity contribution in [3.63, 3.8) is 0 Å². The molecule has 1 amide bonds. The van der Waals surface area contributed by atoms with Crippen LogP contribution in [0.2, 0.25) is 0 Å². The number of ether oxygens (including phenoxy) is 1. The largest absolute Gasteiger partial charge is 0.466 e. The predicted molar refractivity (Wildman–Crippen MR) is 297 cm³/mol. The summed E-state index contributed by atoms with van der Waals surface area (Å²) < 4.78 is 5.48. The van der Waals surface area contributed by atoms with Gasteiger partial charge in [-0.05, 0) is 51.4 Å². The second kappa shape index (κ2) is 58.2. The Bertz CT molecular complexity index is 1020. The number of aliphatic hydroxyl groups is 2. The Hall–Kier alpha value is -1.40. The Kier molecular flexibility index (Phi) is 57.0. The Balaban J connectivity index is 3.44. The standard InChI is InChI=1S/C62H121NO5/c1-3-5-7-9-11-13-15-17-19-21-22-23-24-25-26-27-30-34-38-42-46-50-54-60(65)59(58-64)63-61(66)55-51-47-43-39-35-31-29-33-37-41-45-49-53-57-68-62(67)56-52-48-44-40-36-32-28-20-18-16-14-12-10-8-6-4-2/h20,28,59-60,64-65H,3-19,21-27,29-58H2,1-2H3,(H,63,66)/b28-20-. The SMILES string of the molecule is CCCCCCCCC/C=C\CCCCCCCC(=O)OCCCCCCCCCCCCCCCC(=O)NC(CO)C(O)CCCCCCCCCCCCCCCCCCCCCCCC. The van der Waals surface area contributed by atoms with Gasteiger partial charge in [0.2, 0.25) is 5.91 Å². The molecule has 3 N–H and O–H groups in total. The van der Waals surface area contributed by atoms with Crippen molar-refractivity contribution in [3.05, 3.63) is 12.2 Å². The number of hydrogen-bond donors (Lipinski definition) is 3. The maximum Gasteiger partial charge on any atom is 0.305 e. The fourth-order valence-electron chi connectivity index (χ4n) is 9.81. The van der Waals surface area contributed by atoms with Gasteiger partial charge in [0.05, 0.1) is 25.4 Å². The third-order valence-electron chi connectivity index (χ3n) is 14.6. The summed E-state index contributed by atoms with van der Waals surface area (Å²) in [5.41, 5.74) is 0. The van der Waals surface area contributed by atoms with E-state index in [9.17, 15) is 19.8 Å². The first kappa shape index (κ1) is 66.6. The van der Waals surface area contributed by atoms with Crippen molar-refractivity contribution in [2.75, 3.05) is 13.2 Å². The van der Waals surface area contributed by atoms with Gasteiger partial charge in [-0.15, -0.1) is 0 Å². The molecular weight excluding hydrogens is 839 g/mol. The molecule has 0 aliphatic heterocycles. The van der Waals surface area contributed by atoms with E-state index in [-0.39, 0.29) is 18.5 Å². The van der Waals surface area contributed by atoms with E-state index in [0.717, 1.165) is 51.4 Å². The zero-order valence-electron chi connectivity index (χ0n) is 46.1. The maximum absolute atomic E-state index is 12.5. The summed E-state index contributed by atoms with van der Waals surface area (Å²) in [6, 6.07) is -0.552. The van der Waals surface area contributed by atoms with Crippen LogP contribution in [0.3, 0.4) is 0 Å². The summed E-state index contributed by atoms with van der Waals surface area (Å²) in [6.07, 6.45) is 69.2. The van der Waals surface area contributed by atoms with Crippen molar-refractivity contribution in [1.29, 1.82) is 0 Å². The molecule has 0 aliphatic rings. The number of unbranched alkanes of at least 4 members (excludes halogenated alkanes) is 45. The van der Waals surface area contributed by atoms with Crippen molar-refractivity contribution in [2.45, 2.75) is 360 Å². The minimum absolute atomic E-state index is 0.0115. The zero-order chi connectivity index (χ0) is 49.3. The van der Waals surface area contributed by atoms with E-state index in [0.29, 0.717) is 25.9 Å². The van der Waals surface area contributed by atoms with Crippen LogP contribution in [0.15, 0.2) is 12.2 Å². The van der Waals surface area contributed by atoms with E-state index in [2.05, 4.69) is 31.3 Å². The van der Waals surface area contributed by atoms with Gasteiger partial charge in [-0.25, -0.2) is 0 Å². The second-order valence-electron chi connectivity index (χ2n) is 21.4. The molecule has 0 aromatic heterocycles. The van der Waals surface area contributed by atoms with Crippen LogP contribution in [-0.4, -0.2) is 47.4 Å². The molecule has 0 saturated carbocycles. The van der Waals surface area contributed by atoms with Gasteiger partial charge in [-0.2, -0.15) is 0 Å². The number of nitrogens with one attached hydrogen (secondary N) is 1. The highest BCUT2D eigenvalue weighted by molar-refractivity contribution is 5.76. The van der Waals surface area contributed by atoms with E-state index in [1.807, 2.05) is 0 Å². The summed E-state index contributed by atoms with van der Waals surface area (Å²) >= 11 is 0. The molecule has 0 bridgehead atoms. The average molecular weight is 961 g/mol. The lowest BCUT2D eigenvalue weighted by molar-refractivity contribution is -0.143. The molecule has 0 rings (SSSR count). The van der Waals surface area contributed by atoms with Crippen LogP contribution < -0.4 is 5.32 Å². The molecule has 0 heterocycles. The molecular formula is C62H121NO5. The third kappa shape index (κ3) is 53.9. The van der Waals surface area contributed by atoms with Crippen LogP contribution in [0.5, 0.6) is 0 Å². The van der Waals surface area contributed by atoms with Crippen LogP contribution in [0.4, 0.5) is 0 Å². The molecule has 0 radical (unpaired) electrons. The van der Waals surface area contributed by atoms with Crippen LogP contribution in [0, 0.1) is 0 Å². The lowest BCUT2D eigenvalue weighted by Crippen LogP contribution is -2.45. The molecule has 0 aliphatic carbocycles. The quantitative estimate of drug-likeness (QED) is 0.0321. The Morgan fingerprint density at radius 1 is 0.397 bits per heavy atom. The van der Waals surface area contributed by atoms with E-state index >= 15 is 0 Å². The van der Waals surface area contributed by atoms with E-state index in [1.54, 1.807) is 0 Å². The number of hydrogen-bond acceptors (Lipinski definition) is 5. The number of allylic oxidation sites excluding steroid dienone is 2. The van der Waals surface area contributed by atoms with Gasteiger partial charge < -0.3 is 20.3 Å². The number of rotatable bonds is 58. The van der Waals surface area contributed by atoms with Crippen molar-refractivity contribution < 1.29 is 24.5 Å². The van der Waals surface area contributed by atoms with Crippen LogP contribution in [0.1, 0.15) is 348 Å². The second-order valence-corrected chi connectivity index (χ2v) is 21.4. The van der Waals surface area contributed by atoms with Crippen LogP contribution >= 0.6 is 0 Å². The zero-order valence-corrected chi connectivity index (χ0v) is 46.1. The number of amides is 1. The summed E-state index contributed by atoms with van der Waals surface area (Å²) in [7, 11) is 0. The molecule has 0 aromatic carbocycles. The number of carbonyl (C=O) groups is 2. The monoisotopic (exact) mass is 960 g/mol. The van der Waals surface area contributed by atoms with E-state index in [4.69, 9.17) is 4.74 Å². The minimum Gasteiger partial charge on any atom is -0.466 e. The Morgan fingerprint density at radius 2 is 0.691 bits per heavy atom. The maximum atomic E-state index is 12.5. The van der Waals surface area contributed by atoms with Gasteiger partial charge in [0.1, 0.15) is 0 Å². The first-order chi connectivity index (χ1) is 33.5. The Labute approximate surface area is 425 Å². The molecule has 2 atom stereocenters. The van der Waals surface area contributed by atoms with Gasteiger partial charge in [-0.3, -0.25) is 9.59 Å². The number of esters is 1. The highest BCUT2D eigenvalue weighted by atomic mass is 16.5. The minimum atomic E-state index is -0.674. The predicted octanol–water partition coefficient (Wildman–Crippen LogP) is 19.2. The van der Waals surface area contributed by atoms with Crippen molar-refractivity contribution in [2.24, 2.45) is 0 Å². The molecule has 0 fully saturated rings. The summed E-state index contributed by atoms with van der Waals surface area (Å²) in [5.74, 6) is -0.0556. The van der Waals surface area contributed by atoms with E-state index in [1.165, 1.54) is 263 Å². The third-order valence-corrected chi connectivity index (χ3v) is 14.6. The van der Waals surface area contributed by atoms with Crippen molar-refractivity contribution >= 4 is 11.9 Å². The average Bonchev–Trinajstić information content (AvgIpc) is 3.34. The smallest absolute Gasteiger partial charge is 0.305 e. The van der Waals surface area contributed by atoms with Gasteiger partial charge in [0, 0.05) is 12.8 Å². The van der Waals surface area contributed by atoms with Crippen molar-refractivity contribution in [3.8, 4) is 0 Å². The highest BCUT2D eigenvalue weighted by Gasteiger charge is 2.20. The van der Waals surface area contributed by atoms with Crippen LogP contribution in [0.25, 0.3) is 0 Å². The molecule has 0 saturated heterocycles. The molecule has 6 heteroatoms. The fourth-order valence-corrected chi connectivity index (χ4v) is 9.81. The highest BCUT2D eigenvalue weighted by Crippen LogP contribution is 2.18. The van der Waals surface area contributed by atoms with Crippen LogP contribution in [-0.2, 0) is 14.3 Å². The topological polar surface area (TPSA) is 95.9 Å². The molecule has 68 heavy (non-hydrogen) atoms. The first-order valence-electron chi connectivity index (χ1n) is 30.9. The van der Waals surface area contributed by atoms with Crippen molar-refractivity contribution in [1.82, 2.24) is 5.32 Å². The lowest BCUT2D eigenvalue weighted by atomic mass is 10.0. The molecule has 0 aromatic rings. The lowest BCUT2D eigenvalue weighted by Gasteiger charge is -2.22. The number of aliphatic hydroxyl groups excluding tert-OH is 2. The fraction of sp³-hybridized carbons (Fsp3) is 0.935.